The highest BCUT2D eigenvalue weighted by Crippen LogP contribution is 2.31. The summed E-state index contributed by atoms with van der Waals surface area (Å²) in [4.78, 5) is 22.7. The fraction of sp³-hybridized carbons (Fsp3) is 0.167. The van der Waals surface area contributed by atoms with E-state index in [9.17, 15) is 9.59 Å². The lowest BCUT2D eigenvalue weighted by molar-refractivity contribution is 0.0691. The zero-order valence-electron chi connectivity index (χ0n) is 10.3. The number of H-pyrrole nitrogens is 2. The molecule has 1 aromatic carbocycles. The molecule has 0 aliphatic rings. The molecule has 0 aliphatic heterocycles. The summed E-state index contributed by atoms with van der Waals surface area (Å²) in [5.74, 6) is -0.310. The summed E-state index contributed by atoms with van der Waals surface area (Å²) in [6.45, 7) is 0. The number of aromatic carboxylic acids is 1. The number of carboxylic acids is 1. The lowest BCUT2D eigenvalue weighted by atomic mass is 10.1. The monoisotopic (exact) mass is 264 g/mol. The van der Waals surface area contributed by atoms with Gasteiger partial charge in [0.2, 0.25) is 0 Å². The molecule has 19 heavy (non-hydrogen) atoms. The maximum Gasteiger partial charge on any atom is 0.354 e. The molecular formula is C12H12N2O5. The van der Waals surface area contributed by atoms with E-state index >= 15 is 0 Å². The van der Waals surface area contributed by atoms with Gasteiger partial charge in [0.1, 0.15) is 0 Å². The van der Waals surface area contributed by atoms with Crippen LogP contribution < -0.4 is 15.0 Å². The molecule has 0 amide bonds. The average molecular weight is 264 g/mol. The summed E-state index contributed by atoms with van der Waals surface area (Å²) in [6.07, 6.45) is 0. The third-order valence-corrected chi connectivity index (χ3v) is 2.66. The van der Waals surface area contributed by atoms with Crippen LogP contribution in [-0.4, -0.2) is 35.5 Å². The number of carboxylic acid groups (broad SMARTS) is 1. The van der Waals surface area contributed by atoms with Gasteiger partial charge in [-0.1, -0.05) is 6.07 Å². The minimum absolute atomic E-state index is 0.0495. The van der Waals surface area contributed by atoms with E-state index in [-0.39, 0.29) is 11.3 Å². The summed E-state index contributed by atoms with van der Waals surface area (Å²) in [5, 5.41) is 13.6. The Kier molecular flexibility index (Phi) is 3.28. The van der Waals surface area contributed by atoms with E-state index in [0.717, 1.165) is 0 Å². The van der Waals surface area contributed by atoms with Crippen LogP contribution >= 0.6 is 0 Å². The topological polar surface area (TPSA) is 104 Å². The number of methoxy groups -OCH3 is 2. The summed E-state index contributed by atoms with van der Waals surface area (Å²) in [6, 6.07) is 4.74. The second-order valence-corrected chi connectivity index (χ2v) is 3.70. The normalized spacial score (nSPS) is 10.2. The first-order valence-electron chi connectivity index (χ1n) is 5.34. The van der Waals surface area contributed by atoms with Gasteiger partial charge in [0.25, 0.3) is 5.56 Å². The van der Waals surface area contributed by atoms with Gasteiger partial charge in [-0.15, -0.1) is 0 Å². The van der Waals surface area contributed by atoms with Crippen LogP contribution in [0, 0.1) is 0 Å². The lowest BCUT2D eigenvalue weighted by Crippen LogP contribution is -2.05. The number of aromatic nitrogens is 2. The minimum Gasteiger partial charge on any atom is -0.493 e. The van der Waals surface area contributed by atoms with E-state index in [2.05, 4.69) is 10.2 Å². The van der Waals surface area contributed by atoms with Crippen molar-refractivity contribution < 1.29 is 19.4 Å². The number of rotatable bonds is 4. The fourth-order valence-electron chi connectivity index (χ4n) is 1.79. The molecule has 100 valence electrons. The number of aromatic amines is 2. The Hall–Kier alpha value is -2.70. The van der Waals surface area contributed by atoms with E-state index < -0.39 is 11.5 Å². The van der Waals surface area contributed by atoms with Gasteiger partial charge in [0.05, 0.1) is 19.8 Å². The summed E-state index contributed by atoms with van der Waals surface area (Å²) >= 11 is 0. The van der Waals surface area contributed by atoms with Gasteiger partial charge in [-0.05, 0) is 17.7 Å². The molecule has 0 unspecified atom stereocenters. The molecule has 0 saturated carbocycles. The summed E-state index contributed by atoms with van der Waals surface area (Å²) in [7, 11) is 2.95. The van der Waals surface area contributed by atoms with Crippen LogP contribution in [0.25, 0.3) is 11.1 Å². The van der Waals surface area contributed by atoms with E-state index in [1.165, 1.54) is 14.2 Å². The van der Waals surface area contributed by atoms with Crippen molar-refractivity contribution in [1.82, 2.24) is 10.2 Å². The van der Waals surface area contributed by atoms with Crippen molar-refractivity contribution in [3.63, 3.8) is 0 Å². The molecule has 1 heterocycles. The number of hydrogen-bond donors (Lipinski definition) is 3. The Balaban J connectivity index is 2.63. The zero-order chi connectivity index (χ0) is 14.0. The van der Waals surface area contributed by atoms with Crippen LogP contribution in [0.4, 0.5) is 0 Å². The van der Waals surface area contributed by atoms with Crippen molar-refractivity contribution in [2.75, 3.05) is 14.2 Å². The molecule has 0 saturated heterocycles. The largest absolute Gasteiger partial charge is 0.493 e. The highest BCUT2D eigenvalue weighted by atomic mass is 16.5. The van der Waals surface area contributed by atoms with Crippen molar-refractivity contribution in [1.29, 1.82) is 0 Å². The van der Waals surface area contributed by atoms with E-state index in [0.29, 0.717) is 17.1 Å². The van der Waals surface area contributed by atoms with Gasteiger partial charge in [0.15, 0.2) is 17.2 Å². The number of hydrogen-bond acceptors (Lipinski definition) is 4. The molecule has 0 aliphatic carbocycles. The number of benzene rings is 1. The highest BCUT2D eigenvalue weighted by Gasteiger charge is 2.19. The van der Waals surface area contributed by atoms with Crippen molar-refractivity contribution in [3.05, 3.63) is 34.2 Å². The van der Waals surface area contributed by atoms with Crippen LogP contribution in [-0.2, 0) is 0 Å². The second-order valence-electron chi connectivity index (χ2n) is 3.70. The smallest absolute Gasteiger partial charge is 0.354 e. The zero-order valence-corrected chi connectivity index (χ0v) is 10.3. The van der Waals surface area contributed by atoms with Gasteiger partial charge < -0.3 is 14.6 Å². The van der Waals surface area contributed by atoms with Crippen LogP contribution in [0.1, 0.15) is 10.5 Å². The van der Waals surface area contributed by atoms with E-state index in [1.54, 1.807) is 18.2 Å². The fourth-order valence-corrected chi connectivity index (χ4v) is 1.79. The maximum absolute atomic E-state index is 11.7. The average Bonchev–Trinajstić information content (AvgIpc) is 2.80. The first-order chi connectivity index (χ1) is 9.08. The van der Waals surface area contributed by atoms with Crippen LogP contribution in [0.5, 0.6) is 11.5 Å². The van der Waals surface area contributed by atoms with Gasteiger partial charge in [-0.25, -0.2) is 4.79 Å². The third-order valence-electron chi connectivity index (χ3n) is 2.66. The van der Waals surface area contributed by atoms with Crippen molar-refractivity contribution >= 4 is 5.97 Å². The quantitative estimate of drug-likeness (QED) is 0.766. The molecule has 0 fully saturated rings. The highest BCUT2D eigenvalue weighted by molar-refractivity contribution is 5.93. The number of carbonyl (C=O) groups is 1. The van der Waals surface area contributed by atoms with Gasteiger partial charge in [-0.3, -0.25) is 15.0 Å². The van der Waals surface area contributed by atoms with E-state index in [4.69, 9.17) is 14.6 Å². The van der Waals surface area contributed by atoms with Crippen LogP contribution in [0.2, 0.25) is 0 Å². The Morgan fingerprint density at radius 2 is 1.84 bits per heavy atom. The first-order valence-corrected chi connectivity index (χ1v) is 5.34. The van der Waals surface area contributed by atoms with Gasteiger partial charge >= 0.3 is 5.97 Å². The van der Waals surface area contributed by atoms with Crippen molar-refractivity contribution in [2.45, 2.75) is 0 Å². The Morgan fingerprint density at radius 3 is 2.42 bits per heavy atom. The second kappa shape index (κ2) is 4.89. The third kappa shape index (κ3) is 2.17. The number of ether oxygens (including phenoxy) is 2. The summed E-state index contributed by atoms with van der Waals surface area (Å²) < 4.78 is 10.2. The molecule has 1 aromatic heterocycles. The molecular weight excluding hydrogens is 252 g/mol. The van der Waals surface area contributed by atoms with Gasteiger partial charge in [0, 0.05) is 0 Å². The standard InChI is InChI=1S/C12H12N2O5/c1-18-7-4-3-6(5-8(7)19-2)9-10(12(16)17)13-14-11(9)15/h3-5H,1-2H3,(H,16,17)(H2,13,14,15). The molecule has 7 heteroatoms. The molecule has 3 N–H and O–H groups in total. The Labute approximate surface area is 107 Å². The lowest BCUT2D eigenvalue weighted by Gasteiger charge is -2.08. The van der Waals surface area contributed by atoms with Crippen LogP contribution in [0.3, 0.4) is 0 Å². The SMILES string of the molecule is COc1ccc(-c2c(C(=O)O)[nH][nH]c2=O)cc1OC. The molecule has 2 aromatic rings. The summed E-state index contributed by atoms with van der Waals surface area (Å²) in [5.41, 5.74) is -0.229. The van der Waals surface area contributed by atoms with Crippen molar-refractivity contribution in [3.8, 4) is 22.6 Å². The molecule has 0 radical (unpaired) electrons. The Bertz CT molecular complexity index is 671. The first kappa shape index (κ1) is 12.7. The van der Waals surface area contributed by atoms with Gasteiger partial charge in [-0.2, -0.15) is 0 Å². The van der Waals surface area contributed by atoms with Crippen LogP contribution in [0.15, 0.2) is 23.0 Å². The van der Waals surface area contributed by atoms with Crippen molar-refractivity contribution in [2.24, 2.45) is 0 Å². The predicted molar refractivity (Wildman–Crippen MR) is 66.9 cm³/mol. The minimum atomic E-state index is -1.22. The maximum atomic E-state index is 11.7. The molecule has 7 nitrogen and oxygen atoms in total. The Morgan fingerprint density at radius 1 is 1.16 bits per heavy atom. The predicted octanol–water partition coefficient (Wildman–Crippen LogP) is 1.09. The van der Waals surface area contributed by atoms with E-state index in [1.807, 2.05) is 0 Å². The molecule has 0 bridgehead atoms. The molecule has 2 rings (SSSR count). The number of nitrogens with one attached hydrogen (secondary N) is 2. The molecule has 0 atom stereocenters. The molecule has 0 spiro atoms.